The van der Waals surface area contributed by atoms with Crippen LogP contribution in [0.1, 0.15) is 43.2 Å². The lowest BCUT2D eigenvalue weighted by Gasteiger charge is -2.23. The second kappa shape index (κ2) is 7.24. The molecule has 0 spiro atoms. The number of amides is 1. The number of nitrogens with one attached hydrogen (secondary N) is 1. The fourth-order valence-electron chi connectivity index (χ4n) is 4.66. The lowest BCUT2D eigenvalue weighted by Crippen LogP contribution is -2.38. The maximum Gasteiger partial charge on any atom is 0.234 e. The van der Waals surface area contributed by atoms with Crippen LogP contribution in [0.5, 0.6) is 0 Å². The molecule has 2 fully saturated rings. The number of hydrogen-bond donors (Lipinski definition) is 1. The van der Waals surface area contributed by atoms with Gasteiger partial charge in [-0.25, -0.2) is 0 Å². The molecule has 3 aliphatic rings. The van der Waals surface area contributed by atoms with Crippen molar-refractivity contribution in [3.8, 4) is 0 Å². The molecule has 1 N–H and O–H groups in total. The number of carbonyl (C=O) groups is 1. The minimum absolute atomic E-state index is 0.183. The number of benzene rings is 1. The van der Waals surface area contributed by atoms with Gasteiger partial charge in [0.05, 0.1) is 6.54 Å². The maximum absolute atomic E-state index is 12.3. The first kappa shape index (κ1) is 16.1. The molecule has 130 valence electrons. The highest BCUT2D eigenvalue weighted by molar-refractivity contribution is 5.78. The van der Waals surface area contributed by atoms with Crippen LogP contribution < -0.4 is 5.32 Å². The van der Waals surface area contributed by atoms with E-state index in [9.17, 15) is 4.79 Å². The van der Waals surface area contributed by atoms with Crippen molar-refractivity contribution in [2.24, 2.45) is 5.92 Å². The van der Waals surface area contributed by atoms with Crippen molar-refractivity contribution in [3.63, 3.8) is 0 Å². The van der Waals surface area contributed by atoms with Crippen LogP contribution in [0.4, 0.5) is 0 Å². The monoisotopic (exact) mass is 327 g/mol. The van der Waals surface area contributed by atoms with E-state index in [-0.39, 0.29) is 5.91 Å². The van der Waals surface area contributed by atoms with Gasteiger partial charge in [0, 0.05) is 32.2 Å². The molecule has 1 unspecified atom stereocenters. The summed E-state index contributed by atoms with van der Waals surface area (Å²) in [6.45, 7) is 5.59. The molecule has 1 saturated heterocycles. The van der Waals surface area contributed by atoms with E-state index in [1.807, 2.05) is 0 Å². The highest BCUT2D eigenvalue weighted by Crippen LogP contribution is 2.28. The van der Waals surface area contributed by atoms with Crippen LogP contribution >= 0.6 is 0 Å². The van der Waals surface area contributed by atoms with Crippen LogP contribution in [0.3, 0.4) is 0 Å². The summed E-state index contributed by atoms with van der Waals surface area (Å²) in [4.78, 5) is 17.2. The van der Waals surface area contributed by atoms with E-state index >= 15 is 0 Å². The Morgan fingerprint density at radius 1 is 1.08 bits per heavy atom. The number of rotatable bonds is 5. The molecular weight excluding hydrogens is 298 g/mol. The number of nitrogens with zero attached hydrogens (tertiary/aromatic N) is 2. The Labute approximate surface area is 145 Å². The summed E-state index contributed by atoms with van der Waals surface area (Å²) in [6.07, 6.45) is 6.82. The summed E-state index contributed by atoms with van der Waals surface area (Å²) in [5, 5.41) is 3.18. The molecule has 4 heteroatoms. The molecule has 2 aliphatic heterocycles. The van der Waals surface area contributed by atoms with Crippen molar-refractivity contribution in [3.05, 3.63) is 35.4 Å². The molecule has 0 radical (unpaired) electrons. The molecule has 24 heavy (non-hydrogen) atoms. The van der Waals surface area contributed by atoms with E-state index in [1.54, 1.807) is 0 Å². The Kier molecular flexibility index (Phi) is 4.86. The van der Waals surface area contributed by atoms with Gasteiger partial charge in [-0.2, -0.15) is 0 Å². The largest absolute Gasteiger partial charge is 0.355 e. The average Bonchev–Trinajstić information content (AvgIpc) is 3.31. The number of carbonyl (C=O) groups excluding carboxylic acids is 1. The quantitative estimate of drug-likeness (QED) is 0.902. The minimum Gasteiger partial charge on any atom is -0.355 e. The van der Waals surface area contributed by atoms with Gasteiger partial charge in [0.2, 0.25) is 5.91 Å². The van der Waals surface area contributed by atoms with Gasteiger partial charge >= 0.3 is 0 Å². The highest BCUT2D eigenvalue weighted by atomic mass is 16.2. The summed E-state index contributed by atoms with van der Waals surface area (Å²) in [7, 11) is 0. The van der Waals surface area contributed by atoms with E-state index in [0.29, 0.717) is 12.5 Å². The lowest BCUT2D eigenvalue weighted by atomic mass is 10.1. The van der Waals surface area contributed by atoms with Gasteiger partial charge in [0.15, 0.2) is 0 Å². The standard InChI is InChI=1S/C20H29N3O/c24-20(15-22-13-17-5-1-2-6-18(17)14-22)21-11-16-9-10-23(12-16)19-7-3-4-8-19/h1-2,5-6,16,19H,3-4,7-15H2,(H,21,24). The average molecular weight is 327 g/mol. The van der Waals surface area contributed by atoms with Crippen molar-refractivity contribution in [1.82, 2.24) is 15.1 Å². The Bertz CT molecular complexity index is 557. The van der Waals surface area contributed by atoms with Crippen molar-refractivity contribution >= 4 is 5.91 Å². The Hall–Kier alpha value is -1.39. The molecule has 1 aromatic rings. The van der Waals surface area contributed by atoms with Crippen molar-refractivity contribution in [1.29, 1.82) is 0 Å². The smallest absolute Gasteiger partial charge is 0.234 e. The summed E-state index contributed by atoms with van der Waals surface area (Å²) >= 11 is 0. The zero-order chi connectivity index (χ0) is 16.4. The zero-order valence-electron chi connectivity index (χ0n) is 14.5. The lowest BCUT2D eigenvalue weighted by molar-refractivity contribution is -0.122. The first-order chi connectivity index (χ1) is 11.8. The summed E-state index contributed by atoms with van der Waals surface area (Å²) < 4.78 is 0. The normalized spacial score (nSPS) is 25.2. The summed E-state index contributed by atoms with van der Waals surface area (Å²) in [5.74, 6) is 0.826. The van der Waals surface area contributed by atoms with E-state index in [4.69, 9.17) is 0 Å². The predicted octanol–water partition coefficient (Wildman–Crippen LogP) is 2.38. The molecule has 1 aliphatic carbocycles. The molecule has 4 nitrogen and oxygen atoms in total. The van der Waals surface area contributed by atoms with Crippen LogP contribution in [0.25, 0.3) is 0 Å². The molecule has 0 aromatic heterocycles. The first-order valence-electron chi connectivity index (χ1n) is 9.58. The molecular formula is C20H29N3O. The third-order valence-electron chi connectivity index (χ3n) is 6.02. The van der Waals surface area contributed by atoms with E-state index < -0.39 is 0 Å². The van der Waals surface area contributed by atoms with Crippen LogP contribution in [0.15, 0.2) is 24.3 Å². The molecule has 4 rings (SSSR count). The van der Waals surface area contributed by atoms with Crippen molar-refractivity contribution in [2.45, 2.75) is 51.2 Å². The number of likely N-dealkylation sites (tertiary alicyclic amines) is 1. The SMILES string of the molecule is O=C(CN1Cc2ccccc2C1)NCC1CCN(C2CCCC2)C1. The number of hydrogen-bond acceptors (Lipinski definition) is 3. The highest BCUT2D eigenvalue weighted by Gasteiger charge is 2.30. The van der Waals surface area contributed by atoms with Gasteiger partial charge in [-0.1, -0.05) is 37.1 Å². The molecule has 2 heterocycles. The molecule has 1 atom stereocenters. The predicted molar refractivity (Wildman–Crippen MR) is 95.5 cm³/mol. The fraction of sp³-hybridized carbons (Fsp3) is 0.650. The van der Waals surface area contributed by atoms with Crippen LogP contribution in [-0.4, -0.2) is 47.9 Å². The fourth-order valence-corrected chi connectivity index (χ4v) is 4.66. The minimum atomic E-state index is 0.183. The van der Waals surface area contributed by atoms with E-state index in [2.05, 4.69) is 39.4 Å². The maximum atomic E-state index is 12.3. The molecule has 1 amide bonds. The first-order valence-corrected chi connectivity index (χ1v) is 9.58. The topological polar surface area (TPSA) is 35.6 Å². The Morgan fingerprint density at radius 2 is 1.79 bits per heavy atom. The van der Waals surface area contributed by atoms with Gasteiger partial charge in [-0.3, -0.25) is 9.69 Å². The zero-order valence-corrected chi connectivity index (χ0v) is 14.5. The van der Waals surface area contributed by atoms with Crippen molar-refractivity contribution < 1.29 is 4.79 Å². The Balaban J connectivity index is 1.18. The second-order valence-corrected chi connectivity index (χ2v) is 7.81. The summed E-state index contributed by atoms with van der Waals surface area (Å²) in [6, 6.07) is 9.33. The molecule has 1 aromatic carbocycles. The van der Waals surface area contributed by atoms with Gasteiger partial charge in [-0.15, -0.1) is 0 Å². The van der Waals surface area contributed by atoms with Gasteiger partial charge in [-0.05, 0) is 42.9 Å². The van der Waals surface area contributed by atoms with Crippen LogP contribution in [-0.2, 0) is 17.9 Å². The third-order valence-corrected chi connectivity index (χ3v) is 6.02. The Morgan fingerprint density at radius 3 is 2.50 bits per heavy atom. The van der Waals surface area contributed by atoms with Crippen LogP contribution in [0.2, 0.25) is 0 Å². The second-order valence-electron chi connectivity index (χ2n) is 7.81. The van der Waals surface area contributed by atoms with E-state index in [1.165, 1.54) is 56.3 Å². The van der Waals surface area contributed by atoms with Crippen LogP contribution in [0, 0.1) is 5.92 Å². The number of fused-ring (bicyclic) bond motifs is 1. The third kappa shape index (κ3) is 3.65. The molecule has 0 bridgehead atoms. The van der Waals surface area contributed by atoms with Gasteiger partial charge in [0.1, 0.15) is 0 Å². The van der Waals surface area contributed by atoms with Gasteiger partial charge in [0.25, 0.3) is 0 Å². The van der Waals surface area contributed by atoms with E-state index in [0.717, 1.165) is 25.7 Å². The molecule has 1 saturated carbocycles. The van der Waals surface area contributed by atoms with Crippen molar-refractivity contribution in [2.75, 3.05) is 26.2 Å². The van der Waals surface area contributed by atoms with Gasteiger partial charge < -0.3 is 10.2 Å². The summed E-state index contributed by atoms with van der Waals surface area (Å²) in [5.41, 5.74) is 2.74.